The Balaban J connectivity index is 1.84. The molecule has 112 valence electrons. The Morgan fingerprint density at radius 2 is 2.00 bits per heavy atom. The van der Waals surface area contributed by atoms with Crippen molar-refractivity contribution in [2.75, 3.05) is 6.26 Å². The summed E-state index contributed by atoms with van der Waals surface area (Å²) >= 11 is 3.62. The van der Waals surface area contributed by atoms with Crippen LogP contribution in [-0.2, 0) is 6.54 Å². The average molecular weight is 319 g/mol. The first kappa shape index (κ1) is 15.1. The van der Waals surface area contributed by atoms with Crippen molar-refractivity contribution in [1.82, 2.24) is 10.3 Å². The third-order valence-corrected chi connectivity index (χ3v) is 5.60. The summed E-state index contributed by atoms with van der Waals surface area (Å²) in [5.74, 6) is 0.483. The fourth-order valence-corrected chi connectivity index (χ4v) is 3.90. The van der Waals surface area contributed by atoms with E-state index in [1.54, 1.807) is 11.8 Å². The van der Waals surface area contributed by atoms with Crippen LogP contribution in [-0.4, -0.2) is 17.3 Å². The van der Waals surface area contributed by atoms with Gasteiger partial charge in [0.2, 0.25) is 0 Å². The zero-order valence-electron chi connectivity index (χ0n) is 12.8. The molecule has 0 unspecified atom stereocenters. The van der Waals surface area contributed by atoms with Gasteiger partial charge in [0.25, 0.3) is 0 Å². The quantitative estimate of drug-likeness (QED) is 0.766. The lowest BCUT2D eigenvalue weighted by Gasteiger charge is -2.05. The lowest BCUT2D eigenvalue weighted by atomic mass is 10.1. The van der Waals surface area contributed by atoms with Crippen LogP contribution in [0.5, 0.6) is 0 Å². The summed E-state index contributed by atoms with van der Waals surface area (Å²) in [5.41, 5.74) is 2.49. The van der Waals surface area contributed by atoms with E-state index in [0.29, 0.717) is 5.92 Å². The van der Waals surface area contributed by atoms with Crippen LogP contribution in [0.4, 0.5) is 0 Å². The van der Waals surface area contributed by atoms with Gasteiger partial charge in [-0.3, -0.25) is 0 Å². The van der Waals surface area contributed by atoms with Gasteiger partial charge >= 0.3 is 0 Å². The fraction of sp³-hybridized carbons (Fsp3) is 0.471. The molecular formula is C17H22N2S2. The SMILES string of the molecule is CSc1ccc(-c2nc(C(C)C)c(CNC3CC3)s2)cc1. The van der Waals surface area contributed by atoms with Gasteiger partial charge in [0.1, 0.15) is 5.01 Å². The third-order valence-electron chi connectivity index (χ3n) is 3.74. The number of thioether (sulfide) groups is 1. The Kier molecular flexibility index (Phi) is 4.67. The topological polar surface area (TPSA) is 24.9 Å². The molecule has 1 aliphatic rings. The highest BCUT2D eigenvalue weighted by Crippen LogP contribution is 2.33. The normalized spacial score (nSPS) is 14.9. The fourth-order valence-electron chi connectivity index (χ4n) is 2.32. The lowest BCUT2D eigenvalue weighted by Crippen LogP contribution is -2.15. The molecule has 21 heavy (non-hydrogen) atoms. The molecule has 1 aliphatic carbocycles. The van der Waals surface area contributed by atoms with Gasteiger partial charge in [-0.25, -0.2) is 4.98 Å². The molecule has 0 atom stereocenters. The Bertz CT molecular complexity index is 598. The molecule has 0 aliphatic heterocycles. The summed E-state index contributed by atoms with van der Waals surface area (Å²) in [6.07, 6.45) is 4.77. The van der Waals surface area contributed by atoms with E-state index in [-0.39, 0.29) is 0 Å². The number of hydrogen-bond acceptors (Lipinski definition) is 4. The number of thiazole rings is 1. The smallest absolute Gasteiger partial charge is 0.123 e. The van der Waals surface area contributed by atoms with Crippen molar-refractivity contribution in [3.63, 3.8) is 0 Å². The van der Waals surface area contributed by atoms with Gasteiger partial charge in [-0.1, -0.05) is 26.0 Å². The minimum atomic E-state index is 0.483. The lowest BCUT2D eigenvalue weighted by molar-refractivity contribution is 0.681. The summed E-state index contributed by atoms with van der Waals surface area (Å²) in [4.78, 5) is 7.61. The van der Waals surface area contributed by atoms with Gasteiger partial charge in [0.05, 0.1) is 5.69 Å². The first-order valence-electron chi connectivity index (χ1n) is 7.54. The Labute approximate surface area is 135 Å². The molecule has 1 heterocycles. The predicted octanol–water partition coefficient (Wildman–Crippen LogP) is 4.91. The Morgan fingerprint density at radius 1 is 1.29 bits per heavy atom. The zero-order chi connectivity index (χ0) is 14.8. The summed E-state index contributed by atoms with van der Waals surface area (Å²) in [6, 6.07) is 9.48. The standard InChI is InChI=1S/C17H22N2S2/c1-11(2)16-15(10-18-13-6-7-13)21-17(19-16)12-4-8-14(20-3)9-5-12/h4-5,8-9,11,13,18H,6-7,10H2,1-3H3. The highest BCUT2D eigenvalue weighted by atomic mass is 32.2. The van der Waals surface area contributed by atoms with Gasteiger partial charge in [0.15, 0.2) is 0 Å². The molecule has 2 nitrogen and oxygen atoms in total. The molecular weight excluding hydrogens is 296 g/mol. The van der Waals surface area contributed by atoms with Gasteiger partial charge in [-0.2, -0.15) is 0 Å². The van der Waals surface area contributed by atoms with Gasteiger partial charge in [-0.05, 0) is 37.1 Å². The van der Waals surface area contributed by atoms with Crippen LogP contribution in [0.1, 0.15) is 43.2 Å². The van der Waals surface area contributed by atoms with Crippen LogP contribution in [0, 0.1) is 0 Å². The number of nitrogens with zero attached hydrogens (tertiary/aromatic N) is 1. The van der Waals surface area contributed by atoms with Crippen LogP contribution in [0.3, 0.4) is 0 Å². The van der Waals surface area contributed by atoms with Crippen molar-refractivity contribution in [2.24, 2.45) is 0 Å². The van der Waals surface area contributed by atoms with Crippen molar-refractivity contribution in [1.29, 1.82) is 0 Å². The second kappa shape index (κ2) is 6.51. The highest BCUT2D eigenvalue weighted by Gasteiger charge is 2.22. The molecule has 2 aromatic rings. The molecule has 0 spiro atoms. The molecule has 4 heteroatoms. The van der Waals surface area contributed by atoms with E-state index in [1.807, 2.05) is 11.3 Å². The van der Waals surface area contributed by atoms with E-state index >= 15 is 0 Å². The predicted molar refractivity (Wildman–Crippen MR) is 93.3 cm³/mol. The maximum Gasteiger partial charge on any atom is 0.123 e. The van der Waals surface area contributed by atoms with Crippen molar-refractivity contribution in [3.8, 4) is 10.6 Å². The first-order valence-corrected chi connectivity index (χ1v) is 9.59. The summed E-state index contributed by atoms with van der Waals surface area (Å²) in [5, 5.41) is 4.77. The molecule has 1 N–H and O–H groups in total. The van der Waals surface area contributed by atoms with E-state index < -0.39 is 0 Å². The molecule has 0 amide bonds. The van der Waals surface area contributed by atoms with Crippen molar-refractivity contribution in [2.45, 2.75) is 50.1 Å². The van der Waals surface area contributed by atoms with Crippen LogP contribution in [0.25, 0.3) is 10.6 Å². The first-order chi connectivity index (χ1) is 10.2. The summed E-state index contributed by atoms with van der Waals surface area (Å²) in [6.45, 7) is 5.44. The van der Waals surface area contributed by atoms with Gasteiger partial charge < -0.3 is 5.32 Å². The van der Waals surface area contributed by atoms with Gasteiger partial charge in [-0.15, -0.1) is 23.1 Å². The molecule has 3 rings (SSSR count). The number of aromatic nitrogens is 1. The molecule has 1 aromatic carbocycles. The minimum absolute atomic E-state index is 0.483. The number of rotatable bonds is 6. The van der Waals surface area contributed by atoms with E-state index in [2.05, 4.69) is 49.7 Å². The highest BCUT2D eigenvalue weighted by molar-refractivity contribution is 7.98. The Morgan fingerprint density at radius 3 is 2.57 bits per heavy atom. The van der Waals surface area contributed by atoms with Crippen LogP contribution in [0.2, 0.25) is 0 Å². The number of nitrogens with one attached hydrogen (secondary N) is 1. The monoisotopic (exact) mass is 318 g/mol. The molecule has 1 saturated carbocycles. The third kappa shape index (κ3) is 3.68. The molecule has 0 radical (unpaired) electrons. The van der Waals surface area contributed by atoms with Crippen molar-refractivity contribution in [3.05, 3.63) is 34.8 Å². The van der Waals surface area contributed by atoms with E-state index in [4.69, 9.17) is 4.98 Å². The maximum absolute atomic E-state index is 4.91. The van der Waals surface area contributed by atoms with Crippen molar-refractivity contribution >= 4 is 23.1 Å². The summed E-state index contributed by atoms with van der Waals surface area (Å²) < 4.78 is 0. The Hall–Kier alpha value is -0.840. The van der Waals surface area contributed by atoms with Crippen molar-refractivity contribution < 1.29 is 0 Å². The van der Waals surface area contributed by atoms with E-state index in [0.717, 1.165) is 17.6 Å². The molecule has 0 bridgehead atoms. The molecule has 0 saturated heterocycles. The minimum Gasteiger partial charge on any atom is -0.309 e. The van der Waals surface area contributed by atoms with Gasteiger partial charge in [0, 0.05) is 27.9 Å². The summed E-state index contributed by atoms with van der Waals surface area (Å²) in [7, 11) is 0. The average Bonchev–Trinajstić information content (AvgIpc) is 3.23. The van der Waals surface area contributed by atoms with E-state index in [9.17, 15) is 0 Å². The maximum atomic E-state index is 4.91. The van der Waals surface area contributed by atoms with Crippen LogP contribution >= 0.6 is 23.1 Å². The number of hydrogen-bond donors (Lipinski definition) is 1. The molecule has 1 aromatic heterocycles. The second-order valence-corrected chi connectivity index (χ2v) is 7.83. The van der Waals surface area contributed by atoms with Crippen LogP contribution < -0.4 is 5.32 Å². The largest absolute Gasteiger partial charge is 0.309 e. The number of benzene rings is 1. The molecule has 1 fully saturated rings. The zero-order valence-corrected chi connectivity index (χ0v) is 14.5. The van der Waals surface area contributed by atoms with Crippen LogP contribution in [0.15, 0.2) is 29.2 Å². The van der Waals surface area contributed by atoms with E-state index in [1.165, 1.54) is 33.9 Å². The second-order valence-electron chi connectivity index (χ2n) is 5.87.